The molecule has 0 saturated heterocycles. The summed E-state index contributed by atoms with van der Waals surface area (Å²) >= 11 is 3.45. The molecular weight excluding hydrogens is 356 g/mol. The Morgan fingerprint density at radius 3 is 2.22 bits per heavy atom. The van der Waals surface area contributed by atoms with Crippen LogP contribution in [0.25, 0.3) is 0 Å². The molecule has 2 rings (SSSR count). The fourth-order valence-corrected chi connectivity index (χ4v) is 2.99. The minimum Gasteiger partial charge on any atom is -0.483 e. The Labute approximate surface area is 145 Å². The maximum Gasteiger partial charge on any atom is 0.262 e. The number of nitrogens with zero attached hydrogens (tertiary/aromatic N) is 1. The number of amides is 1. The monoisotopic (exact) mass is 376 g/mol. The standard InChI is InChI=1S/C18H21BrN2O2/c1-12-9-14(19)10-13(2)18(12)23-11-17(22)20-15-5-7-16(8-6-15)21(3)4/h5-10H,11H2,1-4H3,(H,20,22). The number of aryl methyl sites for hydroxylation is 2. The molecule has 4 nitrogen and oxygen atoms in total. The van der Waals surface area contributed by atoms with Gasteiger partial charge in [-0.3, -0.25) is 4.79 Å². The van der Waals surface area contributed by atoms with E-state index in [1.54, 1.807) is 0 Å². The lowest BCUT2D eigenvalue weighted by atomic mass is 10.1. The Balaban J connectivity index is 1.95. The van der Waals surface area contributed by atoms with E-state index in [0.29, 0.717) is 0 Å². The van der Waals surface area contributed by atoms with Crippen LogP contribution in [0.4, 0.5) is 11.4 Å². The molecule has 0 aliphatic rings. The van der Waals surface area contributed by atoms with Gasteiger partial charge in [0.15, 0.2) is 6.61 Å². The van der Waals surface area contributed by atoms with Gasteiger partial charge >= 0.3 is 0 Å². The van der Waals surface area contributed by atoms with Crippen molar-refractivity contribution >= 4 is 33.2 Å². The van der Waals surface area contributed by atoms with Gasteiger partial charge in [-0.25, -0.2) is 0 Å². The van der Waals surface area contributed by atoms with E-state index >= 15 is 0 Å². The van der Waals surface area contributed by atoms with Crippen molar-refractivity contribution < 1.29 is 9.53 Å². The van der Waals surface area contributed by atoms with Gasteiger partial charge in [0.2, 0.25) is 0 Å². The minimum atomic E-state index is -0.177. The van der Waals surface area contributed by atoms with Crippen molar-refractivity contribution in [2.75, 3.05) is 30.9 Å². The Kier molecular flexibility index (Phi) is 5.66. The van der Waals surface area contributed by atoms with Gasteiger partial charge in [-0.15, -0.1) is 0 Å². The van der Waals surface area contributed by atoms with Gasteiger partial charge < -0.3 is 15.0 Å². The van der Waals surface area contributed by atoms with Crippen molar-refractivity contribution in [3.8, 4) is 5.75 Å². The molecule has 0 aliphatic heterocycles. The average Bonchev–Trinajstić information content (AvgIpc) is 2.46. The van der Waals surface area contributed by atoms with Crippen molar-refractivity contribution in [2.24, 2.45) is 0 Å². The Hall–Kier alpha value is -2.01. The number of carbonyl (C=O) groups excluding carboxylic acids is 1. The molecule has 1 amide bonds. The second-order valence-electron chi connectivity index (χ2n) is 5.65. The van der Waals surface area contributed by atoms with E-state index in [-0.39, 0.29) is 12.5 Å². The average molecular weight is 377 g/mol. The van der Waals surface area contributed by atoms with E-state index in [1.807, 2.05) is 69.2 Å². The van der Waals surface area contributed by atoms with E-state index in [1.165, 1.54) is 0 Å². The lowest BCUT2D eigenvalue weighted by Crippen LogP contribution is -2.20. The molecule has 122 valence electrons. The SMILES string of the molecule is Cc1cc(Br)cc(C)c1OCC(=O)Nc1ccc(N(C)C)cc1. The zero-order valence-corrected chi connectivity index (χ0v) is 15.4. The molecule has 5 heteroatoms. The van der Waals surface area contributed by atoms with Crippen LogP contribution in [0.3, 0.4) is 0 Å². The first-order valence-electron chi connectivity index (χ1n) is 7.33. The Morgan fingerprint density at radius 2 is 1.70 bits per heavy atom. The number of carbonyl (C=O) groups is 1. The molecule has 0 heterocycles. The number of hydrogen-bond donors (Lipinski definition) is 1. The summed E-state index contributed by atoms with van der Waals surface area (Å²) in [6.45, 7) is 3.91. The summed E-state index contributed by atoms with van der Waals surface area (Å²) in [5.41, 5.74) is 3.84. The summed E-state index contributed by atoms with van der Waals surface area (Å²) in [5.74, 6) is 0.579. The zero-order chi connectivity index (χ0) is 17.0. The van der Waals surface area contributed by atoms with Gasteiger partial charge in [-0.05, 0) is 61.4 Å². The van der Waals surface area contributed by atoms with E-state index in [9.17, 15) is 4.79 Å². The normalized spacial score (nSPS) is 10.3. The van der Waals surface area contributed by atoms with Crippen LogP contribution in [0.2, 0.25) is 0 Å². The molecule has 23 heavy (non-hydrogen) atoms. The summed E-state index contributed by atoms with van der Waals surface area (Å²) < 4.78 is 6.68. The molecule has 0 spiro atoms. The summed E-state index contributed by atoms with van der Waals surface area (Å²) in [7, 11) is 3.95. The van der Waals surface area contributed by atoms with E-state index in [0.717, 1.165) is 32.7 Å². The third kappa shape index (κ3) is 4.73. The van der Waals surface area contributed by atoms with Crippen molar-refractivity contribution in [2.45, 2.75) is 13.8 Å². The topological polar surface area (TPSA) is 41.6 Å². The first-order chi connectivity index (χ1) is 10.9. The molecule has 0 aliphatic carbocycles. The number of rotatable bonds is 5. The Morgan fingerprint density at radius 1 is 1.13 bits per heavy atom. The van der Waals surface area contributed by atoms with E-state index in [2.05, 4.69) is 21.2 Å². The smallest absolute Gasteiger partial charge is 0.262 e. The predicted octanol–water partition coefficient (Wildman–Crippen LogP) is 4.15. The summed E-state index contributed by atoms with van der Waals surface area (Å²) in [4.78, 5) is 14.0. The fourth-order valence-electron chi connectivity index (χ4n) is 2.30. The molecule has 1 N–H and O–H groups in total. The summed E-state index contributed by atoms with van der Waals surface area (Å²) in [6.07, 6.45) is 0. The van der Waals surface area contributed by atoms with Crippen LogP contribution in [-0.2, 0) is 4.79 Å². The molecule has 2 aromatic carbocycles. The quantitative estimate of drug-likeness (QED) is 0.851. The Bertz CT molecular complexity index is 674. The fraction of sp³-hybridized carbons (Fsp3) is 0.278. The number of benzene rings is 2. The molecule has 0 radical (unpaired) electrons. The van der Waals surface area contributed by atoms with Crippen LogP contribution in [0.1, 0.15) is 11.1 Å². The van der Waals surface area contributed by atoms with Gasteiger partial charge in [0.1, 0.15) is 5.75 Å². The van der Waals surface area contributed by atoms with Gasteiger partial charge in [0.05, 0.1) is 0 Å². The third-order valence-corrected chi connectivity index (χ3v) is 3.90. The number of ether oxygens (including phenoxy) is 1. The molecule has 0 fully saturated rings. The van der Waals surface area contributed by atoms with E-state index in [4.69, 9.17) is 4.74 Å². The highest BCUT2D eigenvalue weighted by Crippen LogP contribution is 2.27. The summed E-state index contributed by atoms with van der Waals surface area (Å²) in [6, 6.07) is 11.6. The van der Waals surface area contributed by atoms with Crippen LogP contribution in [-0.4, -0.2) is 26.6 Å². The van der Waals surface area contributed by atoms with Crippen LogP contribution >= 0.6 is 15.9 Å². The first kappa shape index (κ1) is 17.3. The lowest BCUT2D eigenvalue weighted by Gasteiger charge is -2.14. The van der Waals surface area contributed by atoms with Gasteiger partial charge in [-0.1, -0.05) is 15.9 Å². The highest BCUT2D eigenvalue weighted by atomic mass is 79.9. The highest BCUT2D eigenvalue weighted by molar-refractivity contribution is 9.10. The molecule has 0 atom stereocenters. The van der Waals surface area contributed by atoms with Crippen molar-refractivity contribution in [1.29, 1.82) is 0 Å². The number of hydrogen-bond acceptors (Lipinski definition) is 3. The molecule has 0 unspecified atom stereocenters. The second-order valence-corrected chi connectivity index (χ2v) is 6.56. The molecule has 0 aromatic heterocycles. The van der Waals surface area contributed by atoms with Gasteiger partial charge in [0.25, 0.3) is 5.91 Å². The third-order valence-electron chi connectivity index (χ3n) is 3.44. The van der Waals surface area contributed by atoms with Gasteiger partial charge in [0, 0.05) is 29.9 Å². The highest BCUT2D eigenvalue weighted by Gasteiger charge is 2.09. The van der Waals surface area contributed by atoms with Gasteiger partial charge in [-0.2, -0.15) is 0 Å². The maximum atomic E-state index is 12.0. The van der Waals surface area contributed by atoms with Crippen LogP contribution in [0.5, 0.6) is 5.75 Å². The van der Waals surface area contributed by atoms with E-state index < -0.39 is 0 Å². The molecule has 2 aromatic rings. The van der Waals surface area contributed by atoms with Crippen molar-refractivity contribution in [1.82, 2.24) is 0 Å². The maximum absolute atomic E-state index is 12.0. The lowest BCUT2D eigenvalue weighted by molar-refractivity contribution is -0.118. The molecule has 0 saturated carbocycles. The second kappa shape index (κ2) is 7.51. The van der Waals surface area contributed by atoms with Crippen molar-refractivity contribution in [3.63, 3.8) is 0 Å². The van der Waals surface area contributed by atoms with Crippen LogP contribution in [0, 0.1) is 13.8 Å². The first-order valence-corrected chi connectivity index (χ1v) is 8.13. The molecule has 0 bridgehead atoms. The van der Waals surface area contributed by atoms with Crippen LogP contribution in [0.15, 0.2) is 40.9 Å². The van der Waals surface area contributed by atoms with Crippen molar-refractivity contribution in [3.05, 3.63) is 52.0 Å². The number of halogens is 1. The summed E-state index contributed by atoms with van der Waals surface area (Å²) in [5, 5.41) is 2.84. The largest absolute Gasteiger partial charge is 0.483 e. The molecular formula is C18H21BrN2O2. The number of anilines is 2. The predicted molar refractivity (Wildman–Crippen MR) is 98.5 cm³/mol. The zero-order valence-electron chi connectivity index (χ0n) is 13.8. The minimum absolute atomic E-state index is 0.0151. The number of nitrogens with one attached hydrogen (secondary N) is 1. The van der Waals surface area contributed by atoms with Crippen LogP contribution < -0.4 is 15.0 Å².